The van der Waals surface area contributed by atoms with E-state index < -0.39 is 10.0 Å². The number of methoxy groups -OCH3 is 1. The van der Waals surface area contributed by atoms with Gasteiger partial charge in [0.05, 0.1) is 18.6 Å². The first-order valence-electron chi connectivity index (χ1n) is 6.36. The highest BCUT2D eigenvalue weighted by Gasteiger charge is 2.34. The van der Waals surface area contributed by atoms with E-state index in [1.165, 1.54) is 23.5 Å². The molecule has 0 heterocycles. The van der Waals surface area contributed by atoms with Gasteiger partial charge in [-0.05, 0) is 37.1 Å². The molecule has 0 unspecified atom stereocenters. The van der Waals surface area contributed by atoms with Gasteiger partial charge < -0.3 is 9.84 Å². The van der Waals surface area contributed by atoms with E-state index in [-0.39, 0.29) is 24.1 Å². The van der Waals surface area contributed by atoms with Gasteiger partial charge in [-0.1, -0.05) is 6.42 Å². The molecule has 1 N–H and O–H groups in total. The molecule has 0 aromatic heterocycles. The fraction of sp³-hybridized carbons (Fsp3) is 0.538. The number of hydrogen-bond donors (Lipinski definition) is 1. The van der Waals surface area contributed by atoms with Gasteiger partial charge in [0.15, 0.2) is 0 Å². The van der Waals surface area contributed by atoms with Crippen molar-refractivity contribution in [2.45, 2.75) is 30.2 Å². The van der Waals surface area contributed by atoms with Gasteiger partial charge in [-0.2, -0.15) is 4.31 Å². The Bertz CT molecular complexity index is 508. The second-order valence-electron chi connectivity index (χ2n) is 4.60. The van der Waals surface area contributed by atoms with E-state index in [0.29, 0.717) is 5.75 Å². The van der Waals surface area contributed by atoms with E-state index in [1.54, 1.807) is 12.1 Å². The Morgan fingerprint density at radius 3 is 2.37 bits per heavy atom. The topological polar surface area (TPSA) is 66.8 Å². The third-order valence-electron chi connectivity index (χ3n) is 3.47. The summed E-state index contributed by atoms with van der Waals surface area (Å²) in [5.74, 6) is 0.622. The van der Waals surface area contributed by atoms with Gasteiger partial charge in [0.1, 0.15) is 5.75 Å². The maximum atomic E-state index is 12.5. The van der Waals surface area contributed by atoms with Crippen LogP contribution in [0.15, 0.2) is 29.2 Å². The lowest BCUT2D eigenvalue weighted by Crippen LogP contribution is -2.45. The summed E-state index contributed by atoms with van der Waals surface area (Å²) in [6, 6.07) is 6.36. The molecule has 5 nitrogen and oxygen atoms in total. The third kappa shape index (κ3) is 2.91. The number of aliphatic hydroxyl groups excluding tert-OH is 1. The molecule has 19 heavy (non-hydrogen) atoms. The summed E-state index contributed by atoms with van der Waals surface area (Å²) >= 11 is 0. The van der Waals surface area contributed by atoms with Crippen LogP contribution >= 0.6 is 0 Å². The van der Waals surface area contributed by atoms with E-state index in [9.17, 15) is 8.42 Å². The summed E-state index contributed by atoms with van der Waals surface area (Å²) < 4.78 is 31.5. The number of ether oxygens (including phenoxy) is 1. The summed E-state index contributed by atoms with van der Waals surface area (Å²) in [6.45, 7) is -0.00901. The molecule has 0 atom stereocenters. The van der Waals surface area contributed by atoms with Crippen molar-refractivity contribution in [1.82, 2.24) is 4.31 Å². The van der Waals surface area contributed by atoms with Crippen molar-refractivity contribution in [3.05, 3.63) is 24.3 Å². The van der Waals surface area contributed by atoms with E-state index >= 15 is 0 Å². The van der Waals surface area contributed by atoms with Crippen LogP contribution in [0.4, 0.5) is 0 Å². The van der Waals surface area contributed by atoms with Crippen LogP contribution in [0, 0.1) is 0 Å². The van der Waals surface area contributed by atoms with Gasteiger partial charge in [-0.25, -0.2) is 8.42 Å². The molecule has 1 aromatic rings. The fourth-order valence-corrected chi connectivity index (χ4v) is 3.83. The summed E-state index contributed by atoms with van der Waals surface area (Å²) in [6.07, 6.45) is 2.79. The van der Waals surface area contributed by atoms with Gasteiger partial charge >= 0.3 is 0 Å². The second kappa shape index (κ2) is 5.90. The molecule has 106 valence electrons. The fourth-order valence-electron chi connectivity index (χ4n) is 2.16. The minimum absolute atomic E-state index is 0.0271. The van der Waals surface area contributed by atoms with Gasteiger partial charge in [-0.3, -0.25) is 0 Å². The first-order chi connectivity index (χ1) is 9.09. The van der Waals surface area contributed by atoms with E-state index in [1.807, 2.05) is 0 Å². The number of aliphatic hydroxyl groups is 1. The predicted octanol–water partition coefficient (Wildman–Crippen LogP) is 1.23. The Morgan fingerprint density at radius 2 is 1.95 bits per heavy atom. The maximum Gasteiger partial charge on any atom is 0.243 e. The number of hydrogen-bond acceptors (Lipinski definition) is 4. The van der Waals surface area contributed by atoms with Crippen LogP contribution in [0.25, 0.3) is 0 Å². The van der Waals surface area contributed by atoms with Crippen LogP contribution in [0.3, 0.4) is 0 Å². The minimum Gasteiger partial charge on any atom is -0.497 e. The molecule has 0 spiro atoms. The molecule has 1 aliphatic carbocycles. The number of benzene rings is 1. The maximum absolute atomic E-state index is 12.5. The Morgan fingerprint density at radius 1 is 1.32 bits per heavy atom. The summed E-state index contributed by atoms with van der Waals surface area (Å²) in [5, 5.41) is 9.07. The van der Waals surface area contributed by atoms with Crippen molar-refractivity contribution < 1.29 is 18.3 Å². The highest BCUT2D eigenvalue weighted by molar-refractivity contribution is 7.89. The molecular formula is C13H19NO4S. The molecule has 0 radical (unpaired) electrons. The molecule has 1 aliphatic rings. The smallest absolute Gasteiger partial charge is 0.243 e. The third-order valence-corrected chi connectivity index (χ3v) is 5.43. The molecule has 6 heteroatoms. The molecular weight excluding hydrogens is 266 g/mol. The zero-order valence-corrected chi connectivity index (χ0v) is 11.8. The average molecular weight is 285 g/mol. The van der Waals surface area contributed by atoms with Crippen molar-refractivity contribution in [3.8, 4) is 5.75 Å². The lowest BCUT2D eigenvalue weighted by Gasteiger charge is -2.36. The summed E-state index contributed by atoms with van der Waals surface area (Å²) in [4.78, 5) is 0.244. The van der Waals surface area contributed by atoms with Crippen molar-refractivity contribution in [1.29, 1.82) is 0 Å². The van der Waals surface area contributed by atoms with Crippen LogP contribution in [0.5, 0.6) is 5.75 Å². The van der Waals surface area contributed by atoms with Crippen molar-refractivity contribution in [3.63, 3.8) is 0 Å². The van der Waals surface area contributed by atoms with E-state index in [4.69, 9.17) is 9.84 Å². The van der Waals surface area contributed by atoms with Crippen LogP contribution in [-0.2, 0) is 10.0 Å². The number of nitrogens with zero attached hydrogens (tertiary/aromatic N) is 1. The Labute approximate surface area is 113 Å². The van der Waals surface area contributed by atoms with Crippen LogP contribution in [0.2, 0.25) is 0 Å². The monoisotopic (exact) mass is 285 g/mol. The minimum atomic E-state index is -3.53. The normalized spacial score (nSPS) is 16.4. The summed E-state index contributed by atoms with van der Waals surface area (Å²) in [7, 11) is -1.99. The van der Waals surface area contributed by atoms with Gasteiger partial charge in [0.2, 0.25) is 10.0 Å². The molecule has 2 rings (SSSR count). The Balaban J connectivity index is 2.26. The Hall–Kier alpha value is -1.11. The number of rotatable bonds is 6. The van der Waals surface area contributed by atoms with Crippen LogP contribution < -0.4 is 4.74 Å². The molecule has 0 aliphatic heterocycles. The second-order valence-corrected chi connectivity index (χ2v) is 6.49. The van der Waals surface area contributed by atoms with Crippen molar-refractivity contribution >= 4 is 10.0 Å². The zero-order chi connectivity index (χ0) is 13.9. The highest BCUT2D eigenvalue weighted by Crippen LogP contribution is 2.30. The van der Waals surface area contributed by atoms with E-state index in [2.05, 4.69) is 0 Å². The average Bonchev–Trinajstić information content (AvgIpc) is 2.36. The zero-order valence-electron chi connectivity index (χ0n) is 10.9. The summed E-state index contributed by atoms with van der Waals surface area (Å²) in [5.41, 5.74) is 0. The van der Waals surface area contributed by atoms with Crippen LogP contribution in [-0.4, -0.2) is 44.1 Å². The van der Waals surface area contributed by atoms with Gasteiger partial charge in [0, 0.05) is 12.6 Å². The molecule has 1 fully saturated rings. The van der Waals surface area contributed by atoms with E-state index in [0.717, 1.165) is 19.3 Å². The quantitative estimate of drug-likeness (QED) is 0.853. The molecule has 1 saturated carbocycles. The molecule has 0 saturated heterocycles. The van der Waals surface area contributed by atoms with Gasteiger partial charge in [0.25, 0.3) is 0 Å². The van der Waals surface area contributed by atoms with Crippen LogP contribution in [0.1, 0.15) is 19.3 Å². The largest absolute Gasteiger partial charge is 0.497 e. The number of sulfonamides is 1. The lowest BCUT2D eigenvalue weighted by molar-refractivity contribution is 0.178. The molecule has 1 aromatic carbocycles. The predicted molar refractivity (Wildman–Crippen MR) is 71.6 cm³/mol. The van der Waals surface area contributed by atoms with Crippen molar-refractivity contribution in [2.75, 3.05) is 20.3 Å². The molecule has 0 bridgehead atoms. The van der Waals surface area contributed by atoms with Gasteiger partial charge in [-0.15, -0.1) is 0 Å². The highest BCUT2D eigenvalue weighted by atomic mass is 32.2. The lowest BCUT2D eigenvalue weighted by atomic mass is 9.93. The first-order valence-corrected chi connectivity index (χ1v) is 7.80. The van der Waals surface area contributed by atoms with Crippen molar-refractivity contribution in [2.24, 2.45) is 0 Å². The Kier molecular flexibility index (Phi) is 4.44. The SMILES string of the molecule is COc1ccc(S(=O)(=O)N(CCO)C2CCC2)cc1. The first kappa shape index (κ1) is 14.3. The molecule has 0 amide bonds. The standard InChI is InChI=1S/C13H19NO4S/c1-18-12-5-7-13(8-6-12)19(16,17)14(9-10-15)11-3-2-4-11/h5-8,11,15H,2-4,9-10H2,1H3.